The van der Waals surface area contributed by atoms with Crippen LogP contribution in [0.3, 0.4) is 0 Å². The Labute approximate surface area is 228 Å². The highest BCUT2D eigenvalue weighted by Gasteiger charge is 2.34. The predicted molar refractivity (Wildman–Crippen MR) is 148 cm³/mol. The second-order valence-electron chi connectivity index (χ2n) is 8.04. The SMILES string of the molecule is CC1=C(C(=O)Nc2ccc(Cl)cc2)C(c2ccncc2)C(C#N)=C(SCC(=O)Nc2ccc(Cl)cc2)N1. The van der Waals surface area contributed by atoms with Gasteiger partial charge in [-0.1, -0.05) is 35.0 Å². The molecule has 7 nitrogen and oxygen atoms in total. The third-order valence-electron chi connectivity index (χ3n) is 5.51. The molecular formula is C27H21Cl2N5O2S. The van der Waals surface area contributed by atoms with E-state index in [2.05, 4.69) is 27.0 Å². The first-order valence-corrected chi connectivity index (χ1v) is 12.9. The summed E-state index contributed by atoms with van der Waals surface area (Å²) in [7, 11) is 0. The number of allylic oxidation sites excluding steroid dienone is 2. The van der Waals surface area contributed by atoms with Crippen LogP contribution in [0.1, 0.15) is 18.4 Å². The van der Waals surface area contributed by atoms with Gasteiger partial charge in [0.1, 0.15) is 0 Å². The fourth-order valence-corrected chi connectivity index (χ4v) is 4.96. The Hall–Kier alpha value is -3.77. The van der Waals surface area contributed by atoms with E-state index in [0.29, 0.717) is 43.3 Å². The average molecular weight is 550 g/mol. The molecule has 0 fully saturated rings. The van der Waals surface area contributed by atoms with E-state index in [1.54, 1.807) is 80.0 Å². The third-order valence-corrected chi connectivity index (χ3v) is 7.03. The number of carbonyl (C=O) groups is 2. The molecule has 0 saturated heterocycles. The maximum atomic E-state index is 13.4. The number of rotatable bonds is 7. The van der Waals surface area contributed by atoms with Crippen LogP contribution < -0.4 is 16.0 Å². The molecule has 186 valence electrons. The van der Waals surface area contributed by atoms with Crippen molar-refractivity contribution in [2.75, 3.05) is 16.4 Å². The van der Waals surface area contributed by atoms with E-state index >= 15 is 0 Å². The minimum atomic E-state index is -0.650. The Morgan fingerprint density at radius 3 is 2.11 bits per heavy atom. The first-order valence-electron chi connectivity index (χ1n) is 11.1. The monoisotopic (exact) mass is 549 g/mol. The summed E-state index contributed by atoms with van der Waals surface area (Å²) in [5.74, 6) is -1.19. The molecule has 0 radical (unpaired) electrons. The molecule has 0 bridgehead atoms. The van der Waals surface area contributed by atoms with Crippen LogP contribution in [0.2, 0.25) is 10.0 Å². The average Bonchev–Trinajstić information content (AvgIpc) is 2.90. The molecule has 3 N–H and O–H groups in total. The van der Waals surface area contributed by atoms with Crippen molar-refractivity contribution in [2.45, 2.75) is 12.8 Å². The van der Waals surface area contributed by atoms with Crippen LogP contribution in [0.5, 0.6) is 0 Å². The van der Waals surface area contributed by atoms with Crippen molar-refractivity contribution in [3.8, 4) is 6.07 Å². The predicted octanol–water partition coefficient (Wildman–Crippen LogP) is 6.09. The molecule has 0 saturated carbocycles. The quantitative estimate of drug-likeness (QED) is 0.329. The number of hydrogen-bond donors (Lipinski definition) is 3. The van der Waals surface area contributed by atoms with Crippen LogP contribution in [-0.4, -0.2) is 22.6 Å². The van der Waals surface area contributed by atoms with Gasteiger partial charge in [-0.2, -0.15) is 5.26 Å². The van der Waals surface area contributed by atoms with E-state index in [1.165, 1.54) is 11.8 Å². The minimum absolute atomic E-state index is 0.0544. The zero-order chi connectivity index (χ0) is 26.4. The fourth-order valence-electron chi connectivity index (χ4n) is 3.82. The molecule has 10 heteroatoms. The number of anilines is 2. The first kappa shape index (κ1) is 26.3. The summed E-state index contributed by atoms with van der Waals surface area (Å²) in [6.45, 7) is 1.77. The standard InChI is InChI=1S/C27H21Cl2N5O2S/c1-16-24(26(36)34-21-8-4-19(29)5-9-21)25(17-10-12-31-13-11-17)22(14-30)27(32-16)37-15-23(35)33-20-6-2-18(28)3-7-20/h2-13,25,32H,15H2,1H3,(H,33,35)(H,34,36). The van der Waals surface area contributed by atoms with Crippen LogP contribution in [0.4, 0.5) is 11.4 Å². The molecule has 3 aromatic rings. The van der Waals surface area contributed by atoms with Crippen molar-refractivity contribution in [3.63, 3.8) is 0 Å². The molecule has 4 rings (SSSR count). The topological polar surface area (TPSA) is 107 Å². The molecular weight excluding hydrogens is 529 g/mol. The molecule has 0 aliphatic carbocycles. The number of halogens is 2. The molecule has 1 unspecified atom stereocenters. The van der Waals surface area contributed by atoms with Crippen LogP contribution in [0.15, 0.2) is 94.9 Å². The Morgan fingerprint density at radius 1 is 0.973 bits per heavy atom. The molecule has 1 aromatic heterocycles. The van der Waals surface area contributed by atoms with Crippen LogP contribution in [0.25, 0.3) is 0 Å². The maximum absolute atomic E-state index is 13.4. The van der Waals surface area contributed by atoms with Gasteiger partial charge in [-0.05, 0) is 73.2 Å². The van der Waals surface area contributed by atoms with Crippen molar-refractivity contribution in [1.29, 1.82) is 5.26 Å². The lowest BCUT2D eigenvalue weighted by atomic mass is 9.82. The number of nitrogens with one attached hydrogen (secondary N) is 3. The van der Waals surface area contributed by atoms with Gasteiger partial charge in [0.25, 0.3) is 5.91 Å². The summed E-state index contributed by atoms with van der Waals surface area (Å²) < 4.78 is 0. The number of nitrogens with zero attached hydrogens (tertiary/aromatic N) is 2. The van der Waals surface area contributed by atoms with Crippen LogP contribution >= 0.6 is 35.0 Å². The normalized spacial score (nSPS) is 15.0. The number of dihydropyridines is 1. The van der Waals surface area contributed by atoms with Crippen molar-refractivity contribution in [1.82, 2.24) is 10.3 Å². The zero-order valence-electron chi connectivity index (χ0n) is 19.6. The van der Waals surface area contributed by atoms with Gasteiger partial charge in [-0.25, -0.2) is 0 Å². The molecule has 2 heterocycles. The number of aromatic nitrogens is 1. The molecule has 0 spiro atoms. The van der Waals surface area contributed by atoms with E-state index in [1.807, 2.05) is 0 Å². The fraction of sp³-hybridized carbons (Fsp3) is 0.111. The number of nitriles is 1. The summed E-state index contributed by atoms with van der Waals surface area (Å²) >= 11 is 13.1. The lowest BCUT2D eigenvalue weighted by molar-refractivity contribution is -0.114. The Morgan fingerprint density at radius 2 is 1.54 bits per heavy atom. The highest BCUT2D eigenvalue weighted by Crippen LogP contribution is 2.40. The third kappa shape index (κ3) is 6.52. The van der Waals surface area contributed by atoms with E-state index in [0.717, 1.165) is 5.56 Å². The van der Waals surface area contributed by atoms with Crippen LogP contribution in [-0.2, 0) is 9.59 Å². The van der Waals surface area contributed by atoms with Gasteiger partial charge in [0.15, 0.2) is 0 Å². The summed E-state index contributed by atoms with van der Waals surface area (Å²) in [6.07, 6.45) is 3.23. The number of carbonyl (C=O) groups excluding carboxylic acids is 2. The van der Waals surface area contributed by atoms with Gasteiger partial charge < -0.3 is 16.0 Å². The molecule has 37 heavy (non-hydrogen) atoms. The highest BCUT2D eigenvalue weighted by atomic mass is 35.5. The molecule has 2 amide bonds. The number of hydrogen-bond acceptors (Lipinski definition) is 6. The second-order valence-corrected chi connectivity index (χ2v) is 9.90. The Balaban J connectivity index is 1.60. The second kappa shape index (κ2) is 12.0. The lowest BCUT2D eigenvalue weighted by Gasteiger charge is -2.29. The summed E-state index contributed by atoms with van der Waals surface area (Å²) in [5, 5.41) is 20.7. The number of thioether (sulfide) groups is 1. The summed E-state index contributed by atoms with van der Waals surface area (Å²) in [5.41, 5.74) is 3.23. The molecule has 1 aliphatic rings. The first-order chi connectivity index (χ1) is 17.9. The van der Waals surface area contributed by atoms with Crippen molar-refractivity contribution in [2.24, 2.45) is 0 Å². The van der Waals surface area contributed by atoms with E-state index in [4.69, 9.17) is 23.2 Å². The van der Waals surface area contributed by atoms with Gasteiger partial charge in [-0.3, -0.25) is 14.6 Å². The van der Waals surface area contributed by atoms with Crippen molar-refractivity contribution < 1.29 is 9.59 Å². The molecule has 2 aromatic carbocycles. The van der Waals surface area contributed by atoms with E-state index < -0.39 is 5.92 Å². The molecule has 1 aliphatic heterocycles. The number of benzene rings is 2. The Kier molecular flexibility index (Phi) is 8.51. The van der Waals surface area contributed by atoms with E-state index in [-0.39, 0.29) is 17.6 Å². The maximum Gasteiger partial charge on any atom is 0.254 e. The number of pyridine rings is 1. The van der Waals surface area contributed by atoms with Gasteiger partial charge in [0, 0.05) is 45.1 Å². The minimum Gasteiger partial charge on any atom is -0.353 e. The summed E-state index contributed by atoms with van der Waals surface area (Å²) in [6, 6.07) is 19.4. The number of amides is 2. The zero-order valence-corrected chi connectivity index (χ0v) is 21.9. The summed E-state index contributed by atoms with van der Waals surface area (Å²) in [4.78, 5) is 30.1. The van der Waals surface area contributed by atoms with Gasteiger partial charge in [0.05, 0.1) is 28.3 Å². The van der Waals surface area contributed by atoms with Crippen molar-refractivity contribution in [3.05, 3.63) is 111 Å². The highest BCUT2D eigenvalue weighted by molar-refractivity contribution is 8.03. The Bertz CT molecular complexity index is 1420. The van der Waals surface area contributed by atoms with E-state index in [9.17, 15) is 14.9 Å². The largest absolute Gasteiger partial charge is 0.353 e. The van der Waals surface area contributed by atoms with Gasteiger partial charge in [-0.15, -0.1) is 0 Å². The molecule has 1 atom stereocenters. The van der Waals surface area contributed by atoms with Gasteiger partial charge in [0.2, 0.25) is 5.91 Å². The van der Waals surface area contributed by atoms with Crippen LogP contribution in [0, 0.1) is 11.3 Å². The lowest BCUT2D eigenvalue weighted by Crippen LogP contribution is -2.31. The van der Waals surface area contributed by atoms with Gasteiger partial charge >= 0.3 is 0 Å². The van der Waals surface area contributed by atoms with Crippen molar-refractivity contribution >= 4 is 58.2 Å². The smallest absolute Gasteiger partial charge is 0.254 e.